The van der Waals surface area contributed by atoms with E-state index in [1.165, 1.54) is 11.3 Å². The molecule has 0 spiro atoms. The van der Waals surface area contributed by atoms with Crippen LogP contribution in [-0.2, 0) is 9.53 Å². The number of aromatic nitrogens is 1. The normalized spacial score (nSPS) is 15.6. The highest BCUT2D eigenvalue weighted by Gasteiger charge is 2.24. The first-order chi connectivity index (χ1) is 11.6. The number of nitrogens with zero attached hydrogens (tertiary/aromatic N) is 3. The molecule has 0 bridgehead atoms. The van der Waals surface area contributed by atoms with Crippen molar-refractivity contribution in [1.82, 2.24) is 14.8 Å². The van der Waals surface area contributed by atoms with Gasteiger partial charge in [0.2, 0.25) is 0 Å². The Kier molecular flexibility index (Phi) is 4.96. The molecule has 1 aliphatic rings. The Balaban J connectivity index is 1.60. The number of esters is 1. The van der Waals surface area contributed by atoms with Crippen molar-refractivity contribution in [2.45, 2.75) is 6.92 Å². The van der Waals surface area contributed by atoms with E-state index in [9.17, 15) is 9.59 Å². The van der Waals surface area contributed by atoms with Crippen molar-refractivity contribution >= 4 is 38.6 Å². The fourth-order valence-corrected chi connectivity index (χ4v) is 3.47. The third kappa shape index (κ3) is 3.65. The van der Waals surface area contributed by atoms with Crippen molar-refractivity contribution in [2.75, 3.05) is 45.1 Å². The summed E-state index contributed by atoms with van der Waals surface area (Å²) in [6.07, 6.45) is 0. The van der Waals surface area contributed by atoms with Crippen molar-refractivity contribution in [3.8, 4) is 0 Å². The van der Waals surface area contributed by atoms with E-state index in [0.717, 1.165) is 10.2 Å². The van der Waals surface area contributed by atoms with Gasteiger partial charge in [0, 0.05) is 31.7 Å². The summed E-state index contributed by atoms with van der Waals surface area (Å²) in [6, 6.07) is 5.48. The first-order valence-corrected chi connectivity index (χ1v) is 8.72. The van der Waals surface area contributed by atoms with Crippen LogP contribution in [0.4, 0.5) is 5.13 Å². The molecule has 0 radical (unpaired) electrons. The number of piperazine rings is 1. The molecule has 1 saturated heterocycles. The van der Waals surface area contributed by atoms with Crippen LogP contribution >= 0.6 is 11.3 Å². The zero-order valence-electron chi connectivity index (χ0n) is 13.5. The number of benzene rings is 1. The maximum Gasteiger partial charge on any atom is 0.320 e. The molecule has 2 N–H and O–H groups in total. The summed E-state index contributed by atoms with van der Waals surface area (Å²) in [6.45, 7) is 4.97. The van der Waals surface area contributed by atoms with Gasteiger partial charge in [0.25, 0.3) is 5.91 Å². The molecule has 0 saturated carbocycles. The van der Waals surface area contributed by atoms with Gasteiger partial charge in [0.15, 0.2) is 5.13 Å². The largest absolute Gasteiger partial charge is 0.465 e. The molecule has 24 heavy (non-hydrogen) atoms. The van der Waals surface area contributed by atoms with Crippen molar-refractivity contribution < 1.29 is 14.3 Å². The van der Waals surface area contributed by atoms with E-state index in [2.05, 4.69) is 4.98 Å². The van der Waals surface area contributed by atoms with Gasteiger partial charge in [-0.2, -0.15) is 0 Å². The second kappa shape index (κ2) is 7.14. The maximum atomic E-state index is 12.6. The van der Waals surface area contributed by atoms with Gasteiger partial charge in [0.1, 0.15) is 0 Å². The molecule has 1 aliphatic heterocycles. The quantitative estimate of drug-likeness (QED) is 0.835. The summed E-state index contributed by atoms with van der Waals surface area (Å²) in [4.78, 5) is 32.2. The lowest BCUT2D eigenvalue weighted by molar-refractivity contribution is -0.144. The highest BCUT2D eigenvalue weighted by atomic mass is 32.1. The Morgan fingerprint density at radius 2 is 2.04 bits per heavy atom. The van der Waals surface area contributed by atoms with Crippen molar-refractivity contribution in [1.29, 1.82) is 0 Å². The summed E-state index contributed by atoms with van der Waals surface area (Å²) in [5.41, 5.74) is 7.08. The van der Waals surface area contributed by atoms with Crippen LogP contribution in [0.5, 0.6) is 0 Å². The average molecular weight is 348 g/mol. The predicted molar refractivity (Wildman–Crippen MR) is 93.0 cm³/mol. The number of hydrogen-bond acceptors (Lipinski definition) is 7. The van der Waals surface area contributed by atoms with Crippen LogP contribution < -0.4 is 5.73 Å². The SMILES string of the molecule is CCOC(=O)CN1CCN(C(=O)c2ccc3sc(N)nc3c2)CC1. The second-order valence-corrected chi connectivity index (χ2v) is 6.67. The van der Waals surface area contributed by atoms with Crippen LogP contribution in [0, 0.1) is 0 Å². The topological polar surface area (TPSA) is 88.8 Å². The van der Waals surface area contributed by atoms with E-state index < -0.39 is 0 Å². The van der Waals surface area contributed by atoms with Crippen LogP contribution in [0.1, 0.15) is 17.3 Å². The molecule has 2 heterocycles. The predicted octanol–water partition coefficient (Wildman–Crippen LogP) is 1.20. The molecule has 0 atom stereocenters. The number of thiazole rings is 1. The number of carbonyl (C=O) groups excluding carboxylic acids is 2. The van der Waals surface area contributed by atoms with Crippen molar-refractivity contribution in [2.24, 2.45) is 0 Å². The van der Waals surface area contributed by atoms with Crippen LogP contribution in [0.3, 0.4) is 0 Å². The third-order valence-corrected chi connectivity index (χ3v) is 4.83. The van der Waals surface area contributed by atoms with Crippen LogP contribution in [0.2, 0.25) is 0 Å². The number of carbonyl (C=O) groups is 2. The number of nitrogens with two attached hydrogens (primary N) is 1. The van der Waals surface area contributed by atoms with Gasteiger partial charge in [-0.15, -0.1) is 0 Å². The average Bonchev–Trinajstić information content (AvgIpc) is 2.94. The summed E-state index contributed by atoms with van der Waals surface area (Å²) < 4.78 is 5.93. The molecule has 7 nitrogen and oxygen atoms in total. The minimum absolute atomic E-state index is 0.0146. The van der Waals surface area contributed by atoms with Gasteiger partial charge < -0.3 is 15.4 Å². The number of nitrogen functional groups attached to an aromatic ring is 1. The number of ether oxygens (including phenoxy) is 1. The maximum absolute atomic E-state index is 12.6. The molecule has 0 unspecified atom stereocenters. The summed E-state index contributed by atoms with van der Waals surface area (Å²) in [7, 11) is 0. The summed E-state index contributed by atoms with van der Waals surface area (Å²) in [5.74, 6) is -0.233. The second-order valence-electron chi connectivity index (χ2n) is 5.61. The third-order valence-electron chi connectivity index (χ3n) is 3.97. The standard InChI is InChI=1S/C16H20N4O3S/c1-2-23-14(21)10-19-5-7-20(8-6-19)15(22)11-3-4-13-12(9-11)18-16(17)24-13/h3-4,9H,2,5-8,10H2,1H3,(H2,17,18). The Morgan fingerprint density at radius 3 is 2.75 bits per heavy atom. The first-order valence-electron chi connectivity index (χ1n) is 7.90. The Morgan fingerprint density at radius 1 is 1.29 bits per heavy atom. The molecular formula is C16H20N4O3S. The Hall–Kier alpha value is -2.19. The van der Waals surface area contributed by atoms with Gasteiger partial charge in [0.05, 0.1) is 23.4 Å². The van der Waals surface area contributed by atoms with Crippen LogP contribution in [0.15, 0.2) is 18.2 Å². The van der Waals surface area contributed by atoms with Gasteiger partial charge in [-0.05, 0) is 25.1 Å². The number of anilines is 1. The van der Waals surface area contributed by atoms with Gasteiger partial charge in [-0.25, -0.2) is 4.98 Å². The van der Waals surface area contributed by atoms with E-state index in [-0.39, 0.29) is 18.4 Å². The van der Waals surface area contributed by atoms with Crippen molar-refractivity contribution in [3.63, 3.8) is 0 Å². The van der Waals surface area contributed by atoms with E-state index in [4.69, 9.17) is 10.5 Å². The molecule has 2 aromatic rings. The Labute approximate surface area is 144 Å². The lowest BCUT2D eigenvalue weighted by Gasteiger charge is -2.34. The number of hydrogen-bond donors (Lipinski definition) is 1. The minimum atomic E-state index is -0.219. The van der Waals surface area contributed by atoms with E-state index in [1.807, 2.05) is 17.0 Å². The monoisotopic (exact) mass is 348 g/mol. The molecular weight excluding hydrogens is 328 g/mol. The molecule has 128 valence electrons. The van der Waals surface area contributed by atoms with Crippen molar-refractivity contribution in [3.05, 3.63) is 23.8 Å². The number of amides is 1. The Bertz CT molecular complexity index is 753. The van der Waals surface area contributed by atoms with E-state index >= 15 is 0 Å². The lowest BCUT2D eigenvalue weighted by Crippen LogP contribution is -2.50. The van der Waals surface area contributed by atoms with Crippen LogP contribution in [-0.4, -0.2) is 66.0 Å². The van der Waals surface area contributed by atoms with Crippen LogP contribution in [0.25, 0.3) is 10.2 Å². The van der Waals surface area contributed by atoms with Gasteiger partial charge in [-0.1, -0.05) is 11.3 Å². The summed E-state index contributed by atoms with van der Waals surface area (Å²) in [5, 5.41) is 0.502. The van der Waals surface area contributed by atoms with Gasteiger partial charge in [-0.3, -0.25) is 14.5 Å². The minimum Gasteiger partial charge on any atom is -0.465 e. The zero-order valence-corrected chi connectivity index (χ0v) is 14.3. The highest BCUT2D eigenvalue weighted by Crippen LogP contribution is 2.25. The number of rotatable bonds is 4. The molecule has 1 fully saturated rings. The number of fused-ring (bicyclic) bond motifs is 1. The molecule has 3 rings (SSSR count). The lowest BCUT2D eigenvalue weighted by atomic mass is 10.1. The highest BCUT2D eigenvalue weighted by molar-refractivity contribution is 7.22. The fraction of sp³-hybridized carbons (Fsp3) is 0.438. The van der Waals surface area contributed by atoms with Gasteiger partial charge >= 0.3 is 5.97 Å². The molecule has 1 aromatic carbocycles. The molecule has 8 heteroatoms. The first kappa shape index (κ1) is 16.7. The molecule has 1 aromatic heterocycles. The van der Waals surface area contributed by atoms with E-state index in [1.54, 1.807) is 17.9 Å². The molecule has 0 aliphatic carbocycles. The zero-order chi connectivity index (χ0) is 17.1. The molecule has 1 amide bonds. The smallest absolute Gasteiger partial charge is 0.320 e. The fourth-order valence-electron chi connectivity index (χ4n) is 2.76. The summed E-state index contributed by atoms with van der Waals surface area (Å²) >= 11 is 1.41. The van der Waals surface area contributed by atoms with E-state index in [0.29, 0.717) is 43.5 Å².